The molecule has 0 unspecified atom stereocenters. The van der Waals surface area contributed by atoms with Crippen LogP contribution >= 0.6 is 0 Å². The van der Waals surface area contributed by atoms with Crippen molar-refractivity contribution in [3.8, 4) is 0 Å². The highest BCUT2D eigenvalue weighted by atomic mass is 32.2. The van der Waals surface area contributed by atoms with Gasteiger partial charge in [0.2, 0.25) is 15.9 Å². The standard InChI is InChI=1S/C10H18N2O4S/c1-3-17(14,15)12-5-7-4-8(10(13)11-2)9(6-12)16-7/h7-9H,3-6H2,1-2H3,(H,11,13)/t7-,8+,9-/m0/s1. The zero-order valence-electron chi connectivity index (χ0n) is 10.0. The van der Waals surface area contributed by atoms with Gasteiger partial charge in [-0.15, -0.1) is 0 Å². The molecule has 0 saturated carbocycles. The topological polar surface area (TPSA) is 75.7 Å². The van der Waals surface area contributed by atoms with Gasteiger partial charge in [0.25, 0.3) is 0 Å². The lowest BCUT2D eigenvalue weighted by Crippen LogP contribution is -2.48. The van der Waals surface area contributed by atoms with E-state index < -0.39 is 10.0 Å². The Morgan fingerprint density at radius 1 is 1.47 bits per heavy atom. The number of ether oxygens (including phenoxy) is 1. The van der Waals surface area contributed by atoms with Crippen LogP contribution in [0.3, 0.4) is 0 Å². The summed E-state index contributed by atoms with van der Waals surface area (Å²) < 4.78 is 30.7. The number of sulfonamides is 1. The van der Waals surface area contributed by atoms with E-state index in [1.807, 2.05) is 0 Å². The molecule has 0 aromatic carbocycles. The third kappa shape index (κ3) is 2.31. The number of rotatable bonds is 3. The molecule has 2 bridgehead atoms. The van der Waals surface area contributed by atoms with Gasteiger partial charge < -0.3 is 10.1 Å². The second kappa shape index (κ2) is 4.55. The number of hydrogen-bond acceptors (Lipinski definition) is 4. The predicted molar refractivity (Wildman–Crippen MR) is 61.9 cm³/mol. The molecule has 0 radical (unpaired) electrons. The molecule has 0 aromatic heterocycles. The summed E-state index contributed by atoms with van der Waals surface area (Å²) in [5, 5.41) is 2.60. The Kier molecular flexibility index (Phi) is 3.42. The first-order valence-corrected chi connectivity index (χ1v) is 7.43. The van der Waals surface area contributed by atoms with E-state index in [0.717, 1.165) is 0 Å². The van der Waals surface area contributed by atoms with Crippen LogP contribution in [0.4, 0.5) is 0 Å². The Balaban J connectivity index is 2.12. The molecule has 1 amide bonds. The number of carbonyl (C=O) groups excluding carboxylic acids is 1. The summed E-state index contributed by atoms with van der Waals surface area (Å²) in [6, 6.07) is 0. The quantitative estimate of drug-likeness (QED) is 0.720. The van der Waals surface area contributed by atoms with Gasteiger partial charge in [-0.25, -0.2) is 8.42 Å². The zero-order valence-corrected chi connectivity index (χ0v) is 10.9. The third-order valence-electron chi connectivity index (χ3n) is 3.47. The molecular formula is C10H18N2O4S. The first kappa shape index (κ1) is 12.8. The number of nitrogens with zero attached hydrogens (tertiary/aromatic N) is 1. The molecule has 17 heavy (non-hydrogen) atoms. The fourth-order valence-corrected chi connectivity index (χ4v) is 3.63. The van der Waals surface area contributed by atoms with Crippen molar-refractivity contribution < 1.29 is 17.9 Å². The monoisotopic (exact) mass is 262 g/mol. The van der Waals surface area contributed by atoms with Gasteiger partial charge in [0.15, 0.2) is 0 Å². The molecule has 0 aromatic rings. The second-order valence-electron chi connectivity index (χ2n) is 4.47. The van der Waals surface area contributed by atoms with Crippen LogP contribution in [0, 0.1) is 5.92 Å². The minimum atomic E-state index is -3.18. The molecule has 1 N–H and O–H groups in total. The molecular weight excluding hydrogens is 244 g/mol. The fourth-order valence-electron chi connectivity index (χ4n) is 2.49. The summed E-state index contributed by atoms with van der Waals surface area (Å²) in [5.74, 6) is -0.188. The Morgan fingerprint density at radius 2 is 2.18 bits per heavy atom. The van der Waals surface area contributed by atoms with E-state index >= 15 is 0 Å². The summed E-state index contributed by atoms with van der Waals surface area (Å²) in [5.41, 5.74) is 0. The molecule has 2 fully saturated rings. The summed E-state index contributed by atoms with van der Waals surface area (Å²) >= 11 is 0. The average Bonchev–Trinajstić information content (AvgIpc) is 2.63. The van der Waals surface area contributed by atoms with Gasteiger partial charge >= 0.3 is 0 Å². The maximum atomic E-state index is 11.8. The van der Waals surface area contributed by atoms with E-state index in [1.165, 1.54) is 4.31 Å². The molecule has 6 nitrogen and oxygen atoms in total. The van der Waals surface area contributed by atoms with Crippen molar-refractivity contribution in [2.75, 3.05) is 25.9 Å². The van der Waals surface area contributed by atoms with Gasteiger partial charge in [0, 0.05) is 20.1 Å². The Morgan fingerprint density at radius 3 is 2.76 bits per heavy atom. The average molecular weight is 262 g/mol. The number of morpholine rings is 1. The normalized spacial score (nSPS) is 33.6. The molecule has 2 saturated heterocycles. The highest BCUT2D eigenvalue weighted by Crippen LogP contribution is 2.33. The van der Waals surface area contributed by atoms with Gasteiger partial charge in [-0.3, -0.25) is 4.79 Å². The van der Waals surface area contributed by atoms with Gasteiger partial charge in [-0.1, -0.05) is 0 Å². The number of fused-ring (bicyclic) bond motifs is 2. The van der Waals surface area contributed by atoms with Gasteiger partial charge in [0.05, 0.1) is 23.9 Å². The van der Waals surface area contributed by atoms with Gasteiger partial charge in [-0.05, 0) is 13.3 Å². The molecule has 98 valence electrons. The summed E-state index contributed by atoms with van der Waals surface area (Å²) in [6.45, 7) is 2.30. The van der Waals surface area contributed by atoms with Crippen molar-refractivity contribution in [3.63, 3.8) is 0 Å². The lowest BCUT2D eigenvalue weighted by atomic mass is 10.00. The summed E-state index contributed by atoms with van der Waals surface area (Å²) in [7, 11) is -1.59. The van der Waals surface area contributed by atoms with Crippen molar-refractivity contribution in [2.45, 2.75) is 25.6 Å². The zero-order chi connectivity index (χ0) is 12.6. The number of carbonyl (C=O) groups is 1. The van der Waals surface area contributed by atoms with Gasteiger partial charge in [0.1, 0.15) is 0 Å². The van der Waals surface area contributed by atoms with Crippen LogP contribution in [0.2, 0.25) is 0 Å². The maximum absolute atomic E-state index is 11.8. The van der Waals surface area contributed by atoms with Crippen LogP contribution in [0.5, 0.6) is 0 Å². The van der Waals surface area contributed by atoms with Crippen LogP contribution < -0.4 is 5.32 Å². The van der Waals surface area contributed by atoms with Crippen LogP contribution in [0.1, 0.15) is 13.3 Å². The summed E-state index contributed by atoms with van der Waals surface area (Å²) in [4.78, 5) is 11.6. The molecule has 7 heteroatoms. The number of hydrogen-bond donors (Lipinski definition) is 1. The molecule has 0 aliphatic carbocycles. The van der Waals surface area contributed by atoms with E-state index in [0.29, 0.717) is 19.5 Å². The highest BCUT2D eigenvalue weighted by molar-refractivity contribution is 7.89. The third-order valence-corrected chi connectivity index (χ3v) is 5.28. The van der Waals surface area contributed by atoms with Crippen LogP contribution in [0.15, 0.2) is 0 Å². The summed E-state index contributed by atoms with van der Waals surface area (Å²) in [6.07, 6.45) is 0.174. The highest BCUT2D eigenvalue weighted by Gasteiger charge is 2.46. The van der Waals surface area contributed by atoms with E-state index in [2.05, 4.69) is 5.32 Å². The molecule has 2 aliphatic rings. The molecule has 2 heterocycles. The lowest BCUT2D eigenvalue weighted by Gasteiger charge is -2.31. The molecule has 2 rings (SSSR count). The van der Waals surface area contributed by atoms with E-state index in [1.54, 1.807) is 14.0 Å². The Labute approximate surface area is 101 Å². The van der Waals surface area contributed by atoms with Crippen LogP contribution in [-0.4, -0.2) is 56.7 Å². The van der Waals surface area contributed by atoms with E-state index in [9.17, 15) is 13.2 Å². The predicted octanol–water partition coefficient (Wildman–Crippen LogP) is -0.829. The van der Waals surface area contributed by atoms with Crippen molar-refractivity contribution >= 4 is 15.9 Å². The van der Waals surface area contributed by atoms with E-state index in [-0.39, 0.29) is 29.8 Å². The maximum Gasteiger partial charge on any atom is 0.225 e. The lowest BCUT2D eigenvalue weighted by molar-refractivity contribution is -0.126. The van der Waals surface area contributed by atoms with Crippen molar-refractivity contribution in [1.29, 1.82) is 0 Å². The van der Waals surface area contributed by atoms with E-state index in [4.69, 9.17) is 4.74 Å². The number of amides is 1. The molecule has 2 aliphatic heterocycles. The first-order valence-electron chi connectivity index (χ1n) is 5.82. The number of nitrogens with one attached hydrogen (secondary N) is 1. The van der Waals surface area contributed by atoms with Crippen molar-refractivity contribution in [2.24, 2.45) is 5.92 Å². The Bertz CT molecular complexity index is 409. The largest absolute Gasteiger partial charge is 0.371 e. The minimum Gasteiger partial charge on any atom is -0.371 e. The van der Waals surface area contributed by atoms with Crippen LogP contribution in [-0.2, 0) is 19.6 Å². The van der Waals surface area contributed by atoms with Crippen molar-refractivity contribution in [3.05, 3.63) is 0 Å². The van der Waals surface area contributed by atoms with Crippen molar-refractivity contribution in [1.82, 2.24) is 9.62 Å². The fraction of sp³-hybridized carbons (Fsp3) is 0.900. The SMILES string of the molecule is CCS(=O)(=O)N1C[C@@H]2C[C@@H](C(=O)NC)[C@H](C1)O2. The van der Waals surface area contributed by atoms with Crippen LogP contribution in [0.25, 0.3) is 0 Å². The minimum absolute atomic E-state index is 0.0618. The molecule has 0 spiro atoms. The first-order chi connectivity index (χ1) is 7.97. The second-order valence-corrected chi connectivity index (χ2v) is 6.73. The van der Waals surface area contributed by atoms with Gasteiger partial charge in [-0.2, -0.15) is 4.31 Å². The molecule has 3 atom stereocenters. The Hall–Kier alpha value is -0.660. The smallest absolute Gasteiger partial charge is 0.225 e.